The van der Waals surface area contributed by atoms with Crippen LogP contribution >= 0.6 is 0 Å². The van der Waals surface area contributed by atoms with Crippen LogP contribution in [0.15, 0.2) is 30.3 Å². The maximum absolute atomic E-state index is 11.6. The third kappa shape index (κ3) is 4.56. The van der Waals surface area contributed by atoms with Gasteiger partial charge in [-0.3, -0.25) is 10.9 Å². The first-order valence-corrected chi connectivity index (χ1v) is 8.96. The molecule has 1 heterocycles. The predicted molar refractivity (Wildman–Crippen MR) is 81.0 cm³/mol. The van der Waals surface area contributed by atoms with Crippen LogP contribution in [0, 0.1) is 5.92 Å². The van der Waals surface area contributed by atoms with E-state index in [2.05, 4.69) is 23.1 Å². The lowest BCUT2D eigenvalue weighted by Gasteiger charge is -2.22. The minimum absolute atomic E-state index is 0.124. The summed E-state index contributed by atoms with van der Waals surface area (Å²) in [6.07, 6.45) is 1.28. The lowest BCUT2D eigenvalue weighted by Crippen LogP contribution is -2.36. The van der Waals surface area contributed by atoms with Crippen LogP contribution in [0.25, 0.3) is 0 Å². The van der Waals surface area contributed by atoms with Crippen LogP contribution in [-0.4, -0.2) is 39.6 Å². The average molecular weight is 297 g/mol. The number of hydrazine groups is 1. The van der Waals surface area contributed by atoms with Gasteiger partial charge in [0.05, 0.1) is 5.75 Å². The number of rotatable bonds is 6. The highest BCUT2D eigenvalue weighted by atomic mass is 32.2. The monoisotopic (exact) mass is 297 g/mol. The number of benzene rings is 1. The van der Waals surface area contributed by atoms with E-state index in [1.165, 1.54) is 6.26 Å². The van der Waals surface area contributed by atoms with Crippen molar-refractivity contribution in [2.75, 3.05) is 25.1 Å². The van der Waals surface area contributed by atoms with E-state index in [0.29, 0.717) is 12.0 Å². The second-order valence-corrected chi connectivity index (χ2v) is 7.72. The minimum Gasteiger partial charge on any atom is -0.309 e. The Morgan fingerprint density at radius 1 is 1.35 bits per heavy atom. The molecule has 0 radical (unpaired) electrons. The third-order valence-electron chi connectivity index (χ3n) is 3.70. The fraction of sp³-hybridized carbons (Fsp3) is 0.571. The fourth-order valence-electron chi connectivity index (χ4n) is 2.45. The first-order chi connectivity index (χ1) is 9.46. The molecule has 1 aliphatic heterocycles. The van der Waals surface area contributed by atoms with Crippen molar-refractivity contribution in [1.29, 1.82) is 0 Å². The van der Waals surface area contributed by atoms with Crippen LogP contribution in [0.4, 0.5) is 0 Å². The fourth-order valence-corrected chi connectivity index (χ4v) is 3.37. The highest BCUT2D eigenvalue weighted by Crippen LogP contribution is 2.16. The van der Waals surface area contributed by atoms with Crippen LogP contribution < -0.4 is 16.2 Å². The van der Waals surface area contributed by atoms with Crippen molar-refractivity contribution < 1.29 is 8.42 Å². The van der Waals surface area contributed by atoms with E-state index < -0.39 is 9.84 Å². The third-order valence-corrected chi connectivity index (χ3v) is 4.64. The van der Waals surface area contributed by atoms with E-state index >= 15 is 0 Å². The number of hydrogen-bond donors (Lipinski definition) is 3. The van der Waals surface area contributed by atoms with E-state index in [1.807, 2.05) is 30.3 Å². The molecule has 0 saturated carbocycles. The molecule has 6 heteroatoms. The Labute approximate surface area is 121 Å². The van der Waals surface area contributed by atoms with Crippen molar-refractivity contribution in [2.24, 2.45) is 5.92 Å². The quantitative estimate of drug-likeness (QED) is 0.712. The molecule has 0 bridgehead atoms. The first kappa shape index (κ1) is 15.4. The van der Waals surface area contributed by atoms with Crippen LogP contribution in [-0.2, 0) is 9.84 Å². The Hall–Kier alpha value is -0.950. The van der Waals surface area contributed by atoms with Crippen molar-refractivity contribution in [3.8, 4) is 0 Å². The van der Waals surface area contributed by atoms with Crippen LogP contribution in [0.1, 0.15) is 18.5 Å². The maximum atomic E-state index is 11.6. The zero-order valence-corrected chi connectivity index (χ0v) is 12.8. The van der Waals surface area contributed by atoms with Gasteiger partial charge in [0.15, 0.2) is 0 Å². The van der Waals surface area contributed by atoms with Gasteiger partial charge in [-0.25, -0.2) is 8.42 Å². The molecular weight excluding hydrogens is 274 g/mol. The van der Waals surface area contributed by atoms with Gasteiger partial charge < -0.3 is 5.32 Å². The van der Waals surface area contributed by atoms with Gasteiger partial charge in [0.1, 0.15) is 9.84 Å². The summed E-state index contributed by atoms with van der Waals surface area (Å²) < 4.78 is 23.2. The molecule has 1 saturated heterocycles. The first-order valence-electron chi connectivity index (χ1n) is 6.90. The molecule has 3 atom stereocenters. The highest BCUT2D eigenvalue weighted by molar-refractivity contribution is 7.90. The minimum atomic E-state index is -3.02. The Morgan fingerprint density at radius 3 is 2.60 bits per heavy atom. The van der Waals surface area contributed by atoms with E-state index in [0.717, 1.165) is 18.7 Å². The Morgan fingerprint density at radius 2 is 2.05 bits per heavy atom. The van der Waals surface area contributed by atoms with Gasteiger partial charge in [-0.1, -0.05) is 30.3 Å². The summed E-state index contributed by atoms with van der Waals surface area (Å²) in [5, 5.41) is 3.41. The molecule has 1 aromatic carbocycles. The highest BCUT2D eigenvalue weighted by Gasteiger charge is 2.24. The summed E-state index contributed by atoms with van der Waals surface area (Å²) in [6.45, 7) is 3.81. The van der Waals surface area contributed by atoms with Crippen LogP contribution in [0.5, 0.6) is 0 Å². The summed E-state index contributed by atoms with van der Waals surface area (Å²) in [4.78, 5) is 0. The Bertz CT molecular complexity index is 518. The van der Waals surface area contributed by atoms with E-state index in [9.17, 15) is 8.42 Å². The van der Waals surface area contributed by atoms with Gasteiger partial charge in [-0.05, 0) is 12.5 Å². The number of nitrogens with one attached hydrogen (secondary N) is 3. The second-order valence-electron chi connectivity index (χ2n) is 5.54. The van der Waals surface area contributed by atoms with Crippen molar-refractivity contribution >= 4 is 9.84 Å². The standard InChI is InChI=1S/C14H23N3O2S/c1-11-13(9-16-17-11)8-15-14(10-20(2,18)19)12-6-4-3-5-7-12/h3-7,11,13-17H,8-10H2,1-2H3. The summed E-state index contributed by atoms with van der Waals surface area (Å²) in [5.41, 5.74) is 7.32. The molecule has 0 aromatic heterocycles. The smallest absolute Gasteiger partial charge is 0.149 e. The van der Waals surface area contributed by atoms with Gasteiger partial charge in [0, 0.05) is 37.3 Å². The topological polar surface area (TPSA) is 70.2 Å². The average Bonchev–Trinajstić information content (AvgIpc) is 2.80. The number of sulfone groups is 1. The lowest BCUT2D eigenvalue weighted by atomic mass is 10.0. The van der Waals surface area contributed by atoms with Gasteiger partial charge in [0.25, 0.3) is 0 Å². The van der Waals surface area contributed by atoms with Gasteiger partial charge in [-0.2, -0.15) is 0 Å². The predicted octanol–water partition coefficient (Wildman–Crippen LogP) is 0.474. The van der Waals surface area contributed by atoms with Gasteiger partial charge in [-0.15, -0.1) is 0 Å². The molecule has 20 heavy (non-hydrogen) atoms. The molecule has 1 aromatic rings. The summed E-state index contributed by atoms with van der Waals surface area (Å²) >= 11 is 0. The summed E-state index contributed by atoms with van der Waals surface area (Å²) in [6, 6.07) is 9.99. The van der Waals surface area contributed by atoms with E-state index in [4.69, 9.17) is 0 Å². The van der Waals surface area contributed by atoms with Crippen molar-refractivity contribution in [3.05, 3.63) is 35.9 Å². The normalized spacial score (nSPS) is 24.7. The molecule has 0 spiro atoms. The largest absolute Gasteiger partial charge is 0.309 e. The lowest BCUT2D eigenvalue weighted by molar-refractivity contribution is 0.428. The van der Waals surface area contributed by atoms with Crippen molar-refractivity contribution in [3.63, 3.8) is 0 Å². The van der Waals surface area contributed by atoms with Gasteiger partial charge >= 0.3 is 0 Å². The molecular formula is C14H23N3O2S. The zero-order valence-electron chi connectivity index (χ0n) is 12.0. The molecule has 1 aliphatic rings. The van der Waals surface area contributed by atoms with Crippen LogP contribution in [0.2, 0.25) is 0 Å². The molecule has 3 unspecified atom stereocenters. The van der Waals surface area contributed by atoms with E-state index in [-0.39, 0.29) is 11.8 Å². The molecule has 2 rings (SSSR count). The summed E-state index contributed by atoms with van der Waals surface area (Å²) in [7, 11) is -3.02. The molecule has 1 fully saturated rings. The van der Waals surface area contributed by atoms with Crippen molar-refractivity contribution in [2.45, 2.75) is 19.0 Å². The summed E-state index contributed by atoms with van der Waals surface area (Å²) in [5.74, 6) is 0.583. The van der Waals surface area contributed by atoms with Crippen LogP contribution in [0.3, 0.4) is 0 Å². The molecule has 5 nitrogen and oxygen atoms in total. The second kappa shape index (κ2) is 6.67. The Balaban J connectivity index is 2.03. The van der Waals surface area contributed by atoms with Gasteiger partial charge in [0.2, 0.25) is 0 Å². The molecule has 0 amide bonds. The SMILES string of the molecule is CC1NNCC1CNC(CS(C)(=O)=O)c1ccccc1. The number of hydrogen-bond acceptors (Lipinski definition) is 5. The zero-order chi connectivity index (χ0) is 14.6. The maximum Gasteiger partial charge on any atom is 0.149 e. The molecule has 3 N–H and O–H groups in total. The van der Waals surface area contributed by atoms with Crippen molar-refractivity contribution in [1.82, 2.24) is 16.2 Å². The Kier molecular flexibility index (Phi) is 5.15. The molecule has 112 valence electrons. The molecule has 0 aliphatic carbocycles. The van der Waals surface area contributed by atoms with E-state index in [1.54, 1.807) is 0 Å².